The van der Waals surface area contributed by atoms with Crippen molar-refractivity contribution in [2.24, 2.45) is 0 Å². The topological polar surface area (TPSA) is 104 Å². The van der Waals surface area contributed by atoms with Crippen molar-refractivity contribution in [2.75, 3.05) is 39.9 Å². The number of H-pyrrole nitrogens is 1. The summed E-state index contributed by atoms with van der Waals surface area (Å²) in [5.74, 6) is 1.23. The highest BCUT2D eigenvalue weighted by Crippen LogP contribution is 2.26. The van der Waals surface area contributed by atoms with Crippen LogP contribution in [0.15, 0.2) is 34.7 Å². The lowest BCUT2D eigenvalue weighted by Gasteiger charge is -2.31. The largest absolute Gasteiger partial charge is 0.451 e. The predicted octanol–water partition coefficient (Wildman–Crippen LogP) is 3.18. The summed E-state index contributed by atoms with van der Waals surface area (Å²) in [7, 11) is 1.83. The molecule has 1 saturated heterocycles. The smallest absolute Gasteiger partial charge is 0.287 e. The van der Waals surface area contributed by atoms with Crippen LogP contribution in [0.2, 0.25) is 0 Å². The van der Waals surface area contributed by atoms with Crippen LogP contribution in [-0.4, -0.2) is 77.5 Å². The molecule has 3 aromatic rings. The van der Waals surface area contributed by atoms with Gasteiger partial charge in [-0.25, -0.2) is 4.98 Å². The number of imidazole rings is 1. The van der Waals surface area contributed by atoms with Crippen molar-refractivity contribution in [3.63, 3.8) is 0 Å². The molecule has 2 amide bonds. The van der Waals surface area contributed by atoms with Crippen LogP contribution in [0.1, 0.15) is 48.5 Å². The van der Waals surface area contributed by atoms with Gasteiger partial charge in [-0.05, 0) is 43.2 Å². The maximum Gasteiger partial charge on any atom is 0.287 e. The number of nitrogens with one attached hydrogen (secondary N) is 2. The second-order valence-electron chi connectivity index (χ2n) is 9.45. The SMILES string of the molecule is CN(C(=O)CNC(=O)c1ccc(-c2ccc3nc(CN4CCOCC4)[nH]c3c2)o1)C1CCCCC1. The molecule has 1 aliphatic heterocycles. The maximum atomic E-state index is 12.6. The number of aromatic nitrogens is 2. The first kappa shape index (κ1) is 23.6. The summed E-state index contributed by atoms with van der Waals surface area (Å²) in [5.41, 5.74) is 2.66. The number of furan rings is 1. The predicted molar refractivity (Wildman–Crippen MR) is 132 cm³/mol. The van der Waals surface area contributed by atoms with E-state index in [1.54, 1.807) is 17.0 Å². The number of aromatic amines is 1. The van der Waals surface area contributed by atoms with Gasteiger partial charge in [-0.2, -0.15) is 0 Å². The van der Waals surface area contributed by atoms with Crippen LogP contribution in [0.25, 0.3) is 22.4 Å². The summed E-state index contributed by atoms with van der Waals surface area (Å²) in [4.78, 5) is 37.3. The van der Waals surface area contributed by atoms with E-state index in [1.165, 1.54) is 6.42 Å². The number of morpholine rings is 1. The number of carbonyl (C=O) groups excluding carboxylic acids is 2. The van der Waals surface area contributed by atoms with Crippen LogP contribution in [0.3, 0.4) is 0 Å². The minimum absolute atomic E-state index is 0.0338. The van der Waals surface area contributed by atoms with Crippen molar-refractivity contribution in [1.82, 2.24) is 25.1 Å². The monoisotopic (exact) mass is 479 g/mol. The van der Waals surface area contributed by atoms with Gasteiger partial charge in [0, 0.05) is 31.7 Å². The average molecular weight is 480 g/mol. The third-order valence-electron chi connectivity index (χ3n) is 7.04. The Balaban J connectivity index is 1.20. The summed E-state index contributed by atoms with van der Waals surface area (Å²) >= 11 is 0. The number of hydrogen-bond acceptors (Lipinski definition) is 6. The Morgan fingerprint density at radius 1 is 1.14 bits per heavy atom. The molecular formula is C26H33N5O4. The fourth-order valence-corrected chi connectivity index (χ4v) is 4.92. The highest BCUT2D eigenvalue weighted by molar-refractivity contribution is 5.94. The van der Waals surface area contributed by atoms with Gasteiger partial charge in [0.1, 0.15) is 11.6 Å². The lowest BCUT2D eigenvalue weighted by atomic mass is 9.94. The van der Waals surface area contributed by atoms with E-state index in [-0.39, 0.29) is 24.3 Å². The molecule has 2 fully saturated rings. The Bertz CT molecular complexity index is 1170. The summed E-state index contributed by atoms with van der Waals surface area (Å²) in [6.07, 6.45) is 5.62. The van der Waals surface area contributed by atoms with Crippen molar-refractivity contribution >= 4 is 22.8 Å². The van der Waals surface area contributed by atoms with Gasteiger partial charge in [-0.1, -0.05) is 19.3 Å². The number of amides is 2. The third kappa shape index (κ3) is 5.57. The Labute approximate surface area is 204 Å². The van der Waals surface area contributed by atoms with E-state index in [4.69, 9.17) is 14.1 Å². The molecule has 9 heteroatoms. The lowest BCUT2D eigenvalue weighted by Crippen LogP contribution is -2.44. The number of fused-ring (bicyclic) bond motifs is 1. The highest BCUT2D eigenvalue weighted by Gasteiger charge is 2.23. The number of ether oxygens (including phenoxy) is 1. The van der Waals surface area contributed by atoms with Crippen molar-refractivity contribution in [1.29, 1.82) is 0 Å². The van der Waals surface area contributed by atoms with Crippen molar-refractivity contribution in [2.45, 2.75) is 44.7 Å². The van der Waals surface area contributed by atoms with Crippen molar-refractivity contribution in [3.05, 3.63) is 41.9 Å². The second-order valence-corrected chi connectivity index (χ2v) is 9.45. The summed E-state index contributed by atoms with van der Waals surface area (Å²) in [5, 5.41) is 2.70. The van der Waals surface area contributed by atoms with E-state index in [0.29, 0.717) is 5.76 Å². The summed E-state index contributed by atoms with van der Waals surface area (Å²) in [6, 6.07) is 9.55. The van der Waals surface area contributed by atoms with E-state index in [9.17, 15) is 9.59 Å². The zero-order valence-electron chi connectivity index (χ0n) is 20.2. The molecule has 35 heavy (non-hydrogen) atoms. The second kappa shape index (κ2) is 10.6. The molecule has 2 aromatic heterocycles. The van der Waals surface area contributed by atoms with Crippen LogP contribution in [-0.2, 0) is 16.1 Å². The normalized spacial score (nSPS) is 17.5. The average Bonchev–Trinajstić information content (AvgIpc) is 3.54. The van der Waals surface area contributed by atoms with E-state index < -0.39 is 5.91 Å². The number of rotatable bonds is 7. The van der Waals surface area contributed by atoms with Crippen LogP contribution in [0, 0.1) is 0 Å². The fourth-order valence-electron chi connectivity index (χ4n) is 4.92. The van der Waals surface area contributed by atoms with Crippen molar-refractivity contribution < 1.29 is 18.7 Å². The fraction of sp³-hybridized carbons (Fsp3) is 0.500. The molecule has 0 bridgehead atoms. The minimum atomic E-state index is -0.392. The van der Waals surface area contributed by atoms with Gasteiger partial charge >= 0.3 is 0 Å². The molecule has 2 N–H and O–H groups in total. The molecule has 2 aliphatic rings. The van der Waals surface area contributed by atoms with Crippen molar-refractivity contribution in [3.8, 4) is 11.3 Å². The van der Waals surface area contributed by atoms with Gasteiger partial charge in [0.05, 0.1) is 37.3 Å². The van der Waals surface area contributed by atoms with Gasteiger partial charge in [0.2, 0.25) is 5.91 Å². The third-order valence-corrected chi connectivity index (χ3v) is 7.04. The first-order chi connectivity index (χ1) is 17.1. The van der Waals surface area contributed by atoms with Gasteiger partial charge in [-0.3, -0.25) is 14.5 Å². The number of hydrogen-bond donors (Lipinski definition) is 2. The molecule has 1 saturated carbocycles. The quantitative estimate of drug-likeness (QED) is 0.540. The van der Waals surface area contributed by atoms with Crippen LogP contribution < -0.4 is 5.32 Å². The van der Waals surface area contributed by atoms with E-state index in [2.05, 4.69) is 15.2 Å². The Morgan fingerprint density at radius 2 is 1.94 bits per heavy atom. The molecule has 0 unspecified atom stereocenters. The van der Waals surface area contributed by atoms with E-state index in [0.717, 1.165) is 81.0 Å². The van der Waals surface area contributed by atoms with E-state index >= 15 is 0 Å². The zero-order valence-corrected chi connectivity index (χ0v) is 20.2. The number of carbonyl (C=O) groups is 2. The molecule has 9 nitrogen and oxygen atoms in total. The Kier molecular flexibility index (Phi) is 7.15. The maximum absolute atomic E-state index is 12.6. The molecule has 5 rings (SSSR count). The van der Waals surface area contributed by atoms with Crippen LogP contribution in [0.4, 0.5) is 0 Å². The van der Waals surface area contributed by atoms with E-state index in [1.807, 2.05) is 25.2 Å². The van der Waals surface area contributed by atoms with Gasteiger partial charge in [0.25, 0.3) is 5.91 Å². The molecule has 0 radical (unpaired) electrons. The highest BCUT2D eigenvalue weighted by atomic mass is 16.5. The van der Waals surface area contributed by atoms with Crippen LogP contribution >= 0.6 is 0 Å². The molecule has 186 valence electrons. The molecule has 1 aromatic carbocycles. The molecular weight excluding hydrogens is 446 g/mol. The molecule has 0 spiro atoms. The lowest BCUT2D eigenvalue weighted by molar-refractivity contribution is -0.131. The summed E-state index contributed by atoms with van der Waals surface area (Å²) in [6.45, 7) is 4.04. The Morgan fingerprint density at radius 3 is 2.74 bits per heavy atom. The molecule has 1 aliphatic carbocycles. The standard InChI is InChI=1S/C26H33N5O4/c1-30(19-5-3-2-4-6-19)25(32)16-27-26(33)23-10-9-22(35-23)18-7-8-20-21(15-18)29-24(28-20)17-31-11-13-34-14-12-31/h7-10,15,19H,2-6,11-14,16-17H2,1H3,(H,27,33)(H,28,29). The number of benzene rings is 1. The van der Waals surface area contributed by atoms with Gasteiger partial charge in [0.15, 0.2) is 5.76 Å². The van der Waals surface area contributed by atoms with Gasteiger partial charge < -0.3 is 24.4 Å². The van der Waals surface area contributed by atoms with Crippen LogP contribution in [0.5, 0.6) is 0 Å². The Hall–Kier alpha value is -3.17. The number of nitrogens with zero attached hydrogens (tertiary/aromatic N) is 3. The van der Waals surface area contributed by atoms with Gasteiger partial charge in [-0.15, -0.1) is 0 Å². The molecule has 0 atom stereocenters. The zero-order chi connectivity index (χ0) is 24.2. The number of likely N-dealkylation sites (N-methyl/N-ethyl adjacent to an activating group) is 1. The molecule has 3 heterocycles. The first-order valence-electron chi connectivity index (χ1n) is 12.5. The minimum Gasteiger partial charge on any atom is -0.451 e. The summed E-state index contributed by atoms with van der Waals surface area (Å²) < 4.78 is 11.2. The first-order valence-corrected chi connectivity index (χ1v) is 12.5.